The molecule has 2 amide bonds. The Morgan fingerprint density at radius 2 is 2.23 bits per heavy atom. The largest absolute Gasteiger partial charge is 0.452 e. The number of hydrogen-bond donors (Lipinski definition) is 0. The lowest BCUT2D eigenvalue weighted by Gasteiger charge is -2.09. The van der Waals surface area contributed by atoms with Crippen molar-refractivity contribution < 1.29 is 28.2 Å². The van der Waals surface area contributed by atoms with Gasteiger partial charge >= 0.3 is 12.1 Å². The van der Waals surface area contributed by atoms with Gasteiger partial charge in [0.1, 0.15) is 12.4 Å². The fraction of sp³-hybridized carbons (Fsp3) is 0.214. The van der Waals surface area contributed by atoms with Crippen molar-refractivity contribution in [3.8, 4) is 0 Å². The summed E-state index contributed by atoms with van der Waals surface area (Å²) in [5.41, 5.74) is 0.195. The second-order valence-corrected chi connectivity index (χ2v) is 5.18. The van der Waals surface area contributed by atoms with Crippen molar-refractivity contribution in [1.29, 1.82) is 0 Å². The summed E-state index contributed by atoms with van der Waals surface area (Å²) in [6, 6.07) is 4.26. The number of carbonyl (C=O) groups is 3. The van der Waals surface area contributed by atoms with Crippen LogP contribution in [0.1, 0.15) is 5.56 Å². The highest BCUT2D eigenvalue weighted by molar-refractivity contribution is 9.10. The average Bonchev–Trinajstić information content (AvgIpc) is 2.92. The van der Waals surface area contributed by atoms with Crippen molar-refractivity contribution in [2.75, 3.05) is 19.8 Å². The van der Waals surface area contributed by atoms with Crippen LogP contribution in [0.4, 0.5) is 9.18 Å². The van der Waals surface area contributed by atoms with E-state index in [2.05, 4.69) is 20.7 Å². The molecule has 2 rings (SSSR count). The summed E-state index contributed by atoms with van der Waals surface area (Å²) in [5.74, 6) is -1.98. The summed E-state index contributed by atoms with van der Waals surface area (Å²) in [7, 11) is 0. The maximum absolute atomic E-state index is 13.4. The molecule has 116 valence electrons. The number of ether oxygens (including phenoxy) is 2. The monoisotopic (exact) mass is 371 g/mol. The number of imide groups is 1. The van der Waals surface area contributed by atoms with Crippen molar-refractivity contribution >= 4 is 40.0 Å². The van der Waals surface area contributed by atoms with Gasteiger partial charge in [0.2, 0.25) is 0 Å². The molecule has 0 radical (unpaired) electrons. The lowest BCUT2D eigenvalue weighted by Crippen LogP contribution is -2.35. The molecule has 1 aliphatic rings. The number of esters is 1. The summed E-state index contributed by atoms with van der Waals surface area (Å²) >= 11 is 3.19. The first-order chi connectivity index (χ1) is 10.5. The molecule has 1 heterocycles. The lowest BCUT2D eigenvalue weighted by molar-refractivity contribution is -0.146. The van der Waals surface area contributed by atoms with E-state index in [0.29, 0.717) is 4.47 Å². The third kappa shape index (κ3) is 4.14. The summed E-state index contributed by atoms with van der Waals surface area (Å²) < 4.78 is 23.4. The number of hydrogen-bond acceptors (Lipinski definition) is 5. The zero-order valence-electron chi connectivity index (χ0n) is 11.3. The molecule has 0 aromatic heterocycles. The molecule has 0 saturated carbocycles. The SMILES string of the molecule is O=C(/C=C/c1cc(Br)ccc1F)OCC(=O)N1CCOC1=O. The quantitative estimate of drug-likeness (QED) is 0.598. The zero-order valence-corrected chi connectivity index (χ0v) is 12.8. The Morgan fingerprint density at radius 1 is 1.45 bits per heavy atom. The van der Waals surface area contributed by atoms with Crippen LogP contribution in [0.15, 0.2) is 28.7 Å². The molecule has 6 nitrogen and oxygen atoms in total. The van der Waals surface area contributed by atoms with Gasteiger partial charge in [-0.15, -0.1) is 0 Å². The number of cyclic esters (lactones) is 1. The molecular formula is C14H11BrFNO5. The molecule has 0 spiro atoms. The Labute approximate surface area is 133 Å². The first kappa shape index (κ1) is 16.2. The lowest BCUT2D eigenvalue weighted by atomic mass is 10.2. The standard InChI is InChI=1S/C14H11BrFNO5/c15-10-2-3-11(16)9(7-10)1-4-13(19)22-8-12(18)17-5-6-21-14(17)20/h1-4,7H,5-6,8H2/b4-1+. The molecule has 8 heteroatoms. The number of halogens is 2. The van der Waals surface area contributed by atoms with E-state index in [0.717, 1.165) is 11.0 Å². The van der Waals surface area contributed by atoms with Gasteiger partial charge in [-0.2, -0.15) is 0 Å². The molecule has 0 atom stereocenters. The van der Waals surface area contributed by atoms with Crippen molar-refractivity contribution in [3.05, 3.63) is 40.1 Å². The maximum atomic E-state index is 13.4. The first-order valence-electron chi connectivity index (χ1n) is 6.24. The van der Waals surface area contributed by atoms with Gasteiger partial charge in [-0.05, 0) is 24.3 Å². The smallest absolute Gasteiger partial charge is 0.416 e. The van der Waals surface area contributed by atoms with E-state index in [1.807, 2.05) is 0 Å². The van der Waals surface area contributed by atoms with Gasteiger partial charge in [0.15, 0.2) is 6.61 Å². The van der Waals surface area contributed by atoms with Gasteiger partial charge in [-0.3, -0.25) is 4.79 Å². The predicted molar refractivity (Wildman–Crippen MR) is 77.2 cm³/mol. The highest BCUT2D eigenvalue weighted by Crippen LogP contribution is 2.16. The van der Waals surface area contributed by atoms with Crippen LogP contribution in [0.25, 0.3) is 6.08 Å². The average molecular weight is 372 g/mol. The van der Waals surface area contributed by atoms with E-state index >= 15 is 0 Å². The Bertz CT molecular complexity index is 646. The Kier molecular flexibility index (Phi) is 5.26. The van der Waals surface area contributed by atoms with Crippen molar-refractivity contribution in [1.82, 2.24) is 4.90 Å². The second-order valence-electron chi connectivity index (χ2n) is 4.27. The summed E-state index contributed by atoms with van der Waals surface area (Å²) in [6.07, 6.45) is 1.48. The Hall–Kier alpha value is -2.22. The summed E-state index contributed by atoms with van der Waals surface area (Å²) in [5, 5.41) is 0. The van der Waals surface area contributed by atoms with Gasteiger partial charge < -0.3 is 9.47 Å². The van der Waals surface area contributed by atoms with Gasteiger partial charge in [-0.1, -0.05) is 15.9 Å². The molecule has 1 aromatic carbocycles. The van der Waals surface area contributed by atoms with Crippen LogP contribution in [0.2, 0.25) is 0 Å². The molecule has 0 bridgehead atoms. The Balaban J connectivity index is 1.87. The van der Waals surface area contributed by atoms with Gasteiger partial charge in [0.25, 0.3) is 5.91 Å². The van der Waals surface area contributed by atoms with E-state index in [9.17, 15) is 18.8 Å². The maximum Gasteiger partial charge on any atom is 0.416 e. The van der Waals surface area contributed by atoms with Crippen LogP contribution in [0.5, 0.6) is 0 Å². The van der Waals surface area contributed by atoms with Crippen LogP contribution < -0.4 is 0 Å². The van der Waals surface area contributed by atoms with Crippen LogP contribution in [-0.2, 0) is 19.1 Å². The minimum absolute atomic E-state index is 0.126. The predicted octanol–water partition coefficient (Wildman–Crippen LogP) is 2.12. The summed E-state index contributed by atoms with van der Waals surface area (Å²) in [4.78, 5) is 35.0. The fourth-order valence-corrected chi connectivity index (χ4v) is 2.06. The van der Waals surface area contributed by atoms with Gasteiger partial charge in [0, 0.05) is 16.1 Å². The molecule has 0 unspecified atom stereocenters. The van der Waals surface area contributed by atoms with Crippen molar-refractivity contribution in [2.45, 2.75) is 0 Å². The van der Waals surface area contributed by atoms with E-state index in [4.69, 9.17) is 4.74 Å². The van der Waals surface area contributed by atoms with Gasteiger partial charge in [0.05, 0.1) is 6.54 Å². The fourth-order valence-electron chi connectivity index (χ4n) is 1.68. The molecule has 0 aliphatic carbocycles. The second kappa shape index (κ2) is 7.17. The van der Waals surface area contributed by atoms with Crippen molar-refractivity contribution in [2.24, 2.45) is 0 Å². The minimum Gasteiger partial charge on any atom is -0.452 e. The number of nitrogens with zero attached hydrogens (tertiary/aromatic N) is 1. The highest BCUT2D eigenvalue weighted by atomic mass is 79.9. The topological polar surface area (TPSA) is 72.9 Å². The van der Waals surface area contributed by atoms with E-state index in [-0.39, 0.29) is 18.7 Å². The zero-order chi connectivity index (χ0) is 16.1. The number of rotatable bonds is 4. The molecule has 1 aromatic rings. The van der Waals surface area contributed by atoms with Crippen LogP contribution in [-0.4, -0.2) is 42.6 Å². The third-order valence-corrected chi connectivity index (χ3v) is 3.25. The molecule has 1 saturated heterocycles. The number of carbonyl (C=O) groups excluding carboxylic acids is 3. The summed E-state index contributed by atoms with van der Waals surface area (Å²) in [6.45, 7) is -0.325. The normalized spacial score (nSPS) is 14.3. The molecule has 1 fully saturated rings. The number of amides is 2. The highest BCUT2D eigenvalue weighted by Gasteiger charge is 2.28. The van der Waals surface area contributed by atoms with Crippen LogP contribution >= 0.6 is 15.9 Å². The molecular weight excluding hydrogens is 361 g/mol. The molecule has 1 aliphatic heterocycles. The van der Waals surface area contributed by atoms with E-state index < -0.39 is 30.4 Å². The Morgan fingerprint density at radius 3 is 2.91 bits per heavy atom. The van der Waals surface area contributed by atoms with E-state index in [1.54, 1.807) is 0 Å². The van der Waals surface area contributed by atoms with Crippen LogP contribution in [0.3, 0.4) is 0 Å². The molecule has 0 N–H and O–H groups in total. The minimum atomic E-state index is -0.819. The van der Waals surface area contributed by atoms with Crippen LogP contribution in [0, 0.1) is 5.82 Å². The third-order valence-electron chi connectivity index (χ3n) is 2.76. The van der Waals surface area contributed by atoms with Crippen molar-refractivity contribution in [3.63, 3.8) is 0 Å². The first-order valence-corrected chi connectivity index (χ1v) is 7.03. The molecule has 22 heavy (non-hydrogen) atoms. The number of benzene rings is 1. The van der Waals surface area contributed by atoms with E-state index in [1.165, 1.54) is 24.3 Å². The van der Waals surface area contributed by atoms with Gasteiger partial charge in [-0.25, -0.2) is 18.9 Å².